The standard InChI is InChI=1S/C11H16N4S/c1-8-6-14-10(16-8)7-13-9(2)11-12-4-5-15(11)3/h4-6,9,13H,7H2,1-3H3/t9-/m1/s1. The highest BCUT2D eigenvalue weighted by Gasteiger charge is 2.10. The van der Waals surface area contributed by atoms with Gasteiger partial charge in [0.15, 0.2) is 0 Å². The van der Waals surface area contributed by atoms with Gasteiger partial charge in [0.05, 0.1) is 6.04 Å². The fourth-order valence-electron chi connectivity index (χ4n) is 1.61. The molecule has 0 fully saturated rings. The number of rotatable bonds is 4. The maximum Gasteiger partial charge on any atom is 0.125 e. The molecule has 5 heteroatoms. The van der Waals surface area contributed by atoms with Gasteiger partial charge < -0.3 is 9.88 Å². The topological polar surface area (TPSA) is 42.7 Å². The molecule has 4 nitrogen and oxygen atoms in total. The molecular formula is C11H16N4S. The van der Waals surface area contributed by atoms with Crippen molar-refractivity contribution in [2.24, 2.45) is 7.05 Å². The van der Waals surface area contributed by atoms with Crippen LogP contribution in [0.1, 0.15) is 28.7 Å². The van der Waals surface area contributed by atoms with Gasteiger partial charge in [0, 0.05) is 37.1 Å². The van der Waals surface area contributed by atoms with Crippen LogP contribution >= 0.6 is 11.3 Å². The Balaban J connectivity index is 1.93. The van der Waals surface area contributed by atoms with Gasteiger partial charge in [-0.3, -0.25) is 0 Å². The van der Waals surface area contributed by atoms with Gasteiger partial charge in [0.1, 0.15) is 10.8 Å². The van der Waals surface area contributed by atoms with E-state index in [9.17, 15) is 0 Å². The van der Waals surface area contributed by atoms with Crippen molar-refractivity contribution < 1.29 is 0 Å². The van der Waals surface area contributed by atoms with Crippen LogP contribution in [0, 0.1) is 6.92 Å². The van der Waals surface area contributed by atoms with Crippen molar-refractivity contribution in [3.63, 3.8) is 0 Å². The highest BCUT2D eigenvalue weighted by molar-refractivity contribution is 7.11. The van der Waals surface area contributed by atoms with Crippen LogP contribution in [-0.2, 0) is 13.6 Å². The van der Waals surface area contributed by atoms with E-state index in [0.29, 0.717) is 0 Å². The molecule has 2 rings (SSSR count). The second-order valence-electron chi connectivity index (χ2n) is 3.86. The molecule has 2 aromatic rings. The predicted molar refractivity (Wildman–Crippen MR) is 65.3 cm³/mol. The van der Waals surface area contributed by atoms with Crippen molar-refractivity contribution in [3.05, 3.63) is 34.3 Å². The quantitative estimate of drug-likeness (QED) is 0.883. The second-order valence-corrected chi connectivity index (χ2v) is 5.18. The lowest BCUT2D eigenvalue weighted by atomic mass is 10.3. The van der Waals surface area contributed by atoms with Crippen LogP contribution in [0.5, 0.6) is 0 Å². The summed E-state index contributed by atoms with van der Waals surface area (Å²) in [5.41, 5.74) is 0. The summed E-state index contributed by atoms with van der Waals surface area (Å²) in [6.07, 6.45) is 5.69. The second kappa shape index (κ2) is 4.76. The Morgan fingerprint density at radius 2 is 2.31 bits per heavy atom. The minimum absolute atomic E-state index is 0.240. The summed E-state index contributed by atoms with van der Waals surface area (Å²) in [7, 11) is 2.01. The number of nitrogens with zero attached hydrogens (tertiary/aromatic N) is 3. The normalized spacial score (nSPS) is 12.9. The first-order valence-electron chi connectivity index (χ1n) is 5.28. The zero-order chi connectivity index (χ0) is 11.5. The van der Waals surface area contributed by atoms with Gasteiger partial charge in [-0.15, -0.1) is 11.3 Å². The van der Waals surface area contributed by atoms with Gasteiger partial charge in [-0.05, 0) is 13.8 Å². The van der Waals surface area contributed by atoms with Crippen LogP contribution in [0.15, 0.2) is 18.6 Å². The summed E-state index contributed by atoms with van der Waals surface area (Å²) < 4.78 is 2.03. The Morgan fingerprint density at radius 1 is 1.50 bits per heavy atom. The van der Waals surface area contributed by atoms with Crippen molar-refractivity contribution >= 4 is 11.3 Å². The Labute approximate surface area is 99.4 Å². The highest BCUT2D eigenvalue weighted by Crippen LogP contribution is 2.13. The Kier molecular flexibility index (Phi) is 3.36. The molecule has 0 spiro atoms. The molecule has 0 aromatic carbocycles. The van der Waals surface area contributed by atoms with Crippen LogP contribution in [0.4, 0.5) is 0 Å². The minimum atomic E-state index is 0.240. The molecule has 0 aliphatic rings. The summed E-state index contributed by atoms with van der Waals surface area (Å²) in [4.78, 5) is 9.89. The number of nitrogens with one attached hydrogen (secondary N) is 1. The zero-order valence-electron chi connectivity index (χ0n) is 9.77. The summed E-state index contributed by atoms with van der Waals surface area (Å²) >= 11 is 1.73. The fourth-order valence-corrected chi connectivity index (χ4v) is 2.35. The Hall–Kier alpha value is -1.20. The van der Waals surface area contributed by atoms with Crippen LogP contribution in [0.3, 0.4) is 0 Å². The maximum atomic E-state index is 4.32. The van der Waals surface area contributed by atoms with E-state index in [-0.39, 0.29) is 6.04 Å². The highest BCUT2D eigenvalue weighted by atomic mass is 32.1. The molecule has 1 N–H and O–H groups in total. The Bertz CT molecular complexity index is 460. The molecule has 86 valence electrons. The largest absolute Gasteiger partial charge is 0.337 e. The summed E-state index contributed by atoms with van der Waals surface area (Å²) in [6, 6.07) is 0.240. The number of hydrogen-bond donors (Lipinski definition) is 1. The van der Waals surface area contributed by atoms with E-state index in [1.54, 1.807) is 11.3 Å². The molecule has 0 saturated heterocycles. The van der Waals surface area contributed by atoms with Crippen molar-refractivity contribution in [1.29, 1.82) is 0 Å². The SMILES string of the molecule is Cc1cnc(CN[C@H](C)c2nccn2C)s1. The zero-order valence-corrected chi connectivity index (χ0v) is 10.6. The smallest absolute Gasteiger partial charge is 0.125 e. The average molecular weight is 236 g/mol. The molecule has 16 heavy (non-hydrogen) atoms. The third kappa shape index (κ3) is 2.48. The molecule has 0 aliphatic carbocycles. The van der Waals surface area contributed by atoms with E-state index in [1.807, 2.05) is 30.2 Å². The molecule has 0 unspecified atom stereocenters. The summed E-state index contributed by atoms with van der Waals surface area (Å²) in [5.74, 6) is 1.05. The monoisotopic (exact) mass is 236 g/mol. The van der Waals surface area contributed by atoms with Crippen molar-refractivity contribution in [3.8, 4) is 0 Å². The first-order valence-corrected chi connectivity index (χ1v) is 6.10. The molecular weight excluding hydrogens is 220 g/mol. The number of aromatic nitrogens is 3. The first-order chi connectivity index (χ1) is 7.66. The van der Waals surface area contributed by atoms with Gasteiger partial charge in [-0.25, -0.2) is 9.97 Å². The van der Waals surface area contributed by atoms with E-state index in [2.05, 4.69) is 29.1 Å². The molecule has 0 aliphatic heterocycles. The number of thiazole rings is 1. The van der Waals surface area contributed by atoms with E-state index >= 15 is 0 Å². The van der Waals surface area contributed by atoms with E-state index in [1.165, 1.54) is 4.88 Å². The van der Waals surface area contributed by atoms with Crippen LogP contribution in [-0.4, -0.2) is 14.5 Å². The van der Waals surface area contributed by atoms with E-state index in [4.69, 9.17) is 0 Å². The number of hydrogen-bond acceptors (Lipinski definition) is 4. The van der Waals surface area contributed by atoms with Crippen LogP contribution in [0.2, 0.25) is 0 Å². The number of imidazole rings is 1. The predicted octanol–water partition coefficient (Wildman–Crippen LogP) is 2.04. The van der Waals surface area contributed by atoms with Gasteiger partial charge in [-0.2, -0.15) is 0 Å². The summed E-state index contributed by atoms with van der Waals surface area (Å²) in [5, 5.41) is 4.54. The maximum absolute atomic E-state index is 4.32. The van der Waals surface area contributed by atoms with Gasteiger partial charge in [0.25, 0.3) is 0 Å². The molecule has 2 heterocycles. The van der Waals surface area contributed by atoms with Gasteiger partial charge in [-0.1, -0.05) is 0 Å². The molecule has 0 saturated carbocycles. The van der Waals surface area contributed by atoms with Crippen LogP contribution < -0.4 is 5.32 Å². The molecule has 0 amide bonds. The lowest BCUT2D eigenvalue weighted by molar-refractivity contribution is 0.529. The van der Waals surface area contributed by atoms with Crippen molar-refractivity contribution in [2.45, 2.75) is 26.4 Å². The van der Waals surface area contributed by atoms with Crippen molar-refractivity contribution in [1.82, 2.24) is 19.9 Å². The fraction of sp³-hybridized carbons (Fsp3) is 0.455. The first kappa shape index (κ1) is 11.3. The third-order valence-electron chi connectivity index (χ3n) is 2.47. The minimum Gasteiger partial charge on any atom is -0.337 e. The molecule has 0 radical (unpaired) electrons. The lowest BCUT2D eigenvalue weighted by Gasteiger charge is -2.12. The molecule has 0 bridgehead atoms. The van der Waals surface area contributed by atoms with Gasteiger partial charge >= 0.3 is 0 Å². The lowest BCUT2D eigenvalue weighted by Crippen LogP contribution is -2.20. The van der Waals surface area contributed by atoms with E-state index < -0.39 is 0 Å². The third-order valence-corrected chi connectivity index (χ3v) is 3.39. The van der Waals surface area contributed by atoms with E-state index in [0.717, 1.165) is 17.4 Å². The molecule has 2 aromatic heterocycles. The average Bonchev–Trinajstić information content (AvgIpc) is 2.84. The van der Waals surface area contributed by atoms with Gasteiger partial charge in [0.2, 0.25) is 0 Å². The number of aryl methyl sites for hydroxylation is 2. The Morgan fingerprint density at radius 3 is 2.88 bits per heavy atom. The summed E-state index contributed by atoms with van der Waals surface area (Å²) in [6.45, 7) is 4.98. The molecule has 1 atom stereocenters. The van der Waals surface area contributed by atoms with Crippen LogP contribution in [0.25, 0.3) is 0 Å². The van der Waals surface area contributed by atoms with Crippen molar-refractivity contribution in [2.75, 3.05) is 0 Å².